The minimum absolute atomic E-state index is 0.0472. The molecule has 0 aliphatic carbocycles. The van der Waals surface area contributed by atoms with Crippen molar-refractivity contribution in [2.45, 2.75) is 6.54 Å². The van der Waals surface area contributed by atoms with Gasteiger partial charge in [-0.1, -0.05) is 0 Å². The topological polar surface area (TPSA) is 102 Å². The second-order valence-electron chi connectivity index (χ2n) is 5.21. The number of halogens is 1. The van der Waals surface area contributed by atoms with Gasteiger partial charge < -0.3 is 19.7 Å². The first-order valence-corrected chi connectivity index (χ1v) is 7.66. The summed E-state index contributed by atoms with van der Waals surface area (Å²) in [5, 5.41) is 2.63. The molecule has 0 bridgehead atoms. The Morgan fingerprint density at radius 1 is 1.32 bits per heavy atom. The third-order valence-corrected chi connectivity index (χ3v) is 3.50. The molecule has 3 rings (SSSR count). The Morgan fingerprint density at radius 3 is 2.84 bits per heavy atom. The monoisotopic (exact) mass is 348 g/mol. The van der Waals surface area contributed by atoms with Gasteiger partial charge in [0.1, 0.15) is 5.82 Å². The van der Waals surface area contributed by atoms with E-state index in [4.69, 9.17) is 9.47 Å². The third kappa shape index (κ3) is 4.35. The van der Waals surface area contributed by atoms with E-state index in [0.29, 0.717) is 38.1 Å². The maximum atomic E-state index is 13.1. The van der Waals surface area contributed by atoms with E-state index >= 15 is 0 Å². The van der Waals surface area contributed by atoms with Crippen molar-refractivity contribution in [1.29, 1.82) is 0 Å². The number of nitrogens with zero attached hydrogens (tertiary/aromatic N) is 5. The second kappa shape index (κ2) is 7.79. The van der Waals surface area contributed by atoms with Crippen molar-refractivity contribution >= 4 is 11.9 Å². The normalized spacial score (nSPS) is 14.2. The van der Waals surface area contributed by atoms with Gasteiger partial charge in [0, 0.05) is 19.3 Å². The summed E-state index contributed by atoms with van der Waals surface area (Å²) in [6.07, 6.45) is 2.31. The highest BCUT2D eigenvalue weighted by Crippen LogP contribution is 2.14. The number of carbonyl (C=O) groups is 1. The molecule has 0 radical (unpaired) electrons. The molecule has 1 amide bonds. The third-order valence-electron chi connectivity index (χ3n) is 3.50. The summed E-state index contributed by atoms with van der Waals surface area (Å²) in [5.41, 5.74) is 0.120. The number of aromatic nitrogens is 4. The first-order valence-electron chi connectivity index (χ1n) is 7.66. The molecule has 25 heavy (non-hydrogen) atoms. The SMILES string of the molecule is COc1nc(CNC(=O)c2cncc(F)c2)nc(N2CCOCC2)n1. The number of pyridine rings is 1. The highest BCUT2D eigenvalue weighted by molar-refractivity contribution is 5.93. The van der Waals surface area contributed by atoms with Crippen molar-refractivity contribution in [3.05, 3.63) is 35.7 Å². The van der Waals surface area contributed by atoms with Gasteiger partial charge in [0.2, 0.25) is 5.95 Å². The van der Waals surface area contributed by atoms with Crippen LogP contribution in [-0.4, -0.2) is 59.3 Å². The summed E-state index contributed by atoms with van der Waals surface area (Å²) in [4.78, 5) is 30.4. The van der Waals surface area contributed by atoms with E-state index in [9.17, 15) is 9.18 Å². The van der Waals surface area contributed by atoms with Gasteiger partial charge in [0.05, 0.1) is 38.6 Å². The van der Waals surface area contributed by atoms with Crippen LogP contribution in [0.1, 0.15) is 16.2 Å². The van der Waals surface area contributed by atoms with Gasteiger partial charge in [-0.25, -0.2) is 4.39 Å². The fraction of sp³-hybridized carbons (Fsp3) is 0.400. The first kappa shape index (κ1) is 17.0. The van der Waals surface area contributed by atoms with Gasteiger partial charge >= 0.3 is 6.01 Å². The van der Waals surface area contributed by atoms with Gasteiger partial charge in [-0.15, -0.1) is 0 Å². The predicted molar refractivity (Wildman–Crippen MR) is 84.8 cm³/mol. The Hall–Kier alpha value is -2.88. The molecule has 0 unspecified atom stereocenters. The Kier molecular flexibility index (Phi) is 5.29. The Morgan fingerprint density at radius 2 is 2.12 bits per heavy atom. The fourth-order valence-corrected chi connectivity index (χ4v) is 2.26. The number of nitrogens with one attached hydrogen (secondary N) is 1. The molecule has 0 saturated carbocycles. The standard InChI is InChI=1S/C15H17FN6O3/c1-24-15-20-12(19-14(21-15)22-2-4-25-5-3-22)9-18-13(23)10-6-11(16)8-17-7-10/h6-8H,2-5,9H2,1H3,(H,18,23). The molecular formula is C15H17FN6O3. The Balaban J connectivity index is 1.71. The van der Waals surface area contributed by atoms with Crippen LogP contribution in [0.3, 0.4) is 0 Å². The number of ether oxygens (including phenoxy) is 2. The lowest BCUT2D eigenvalue weighted by Gasteiger charge is -2.26. The Labute approximate surface area is 143 Å². The zero-order valence-corrected chi connectivity index (χ0v) is 13.6. The van der Waals surface area contributed by atoms with Gasteiger partial charge in [-0.2, -0.15) is 15.0 Å². The smallest absolute Gasteiger partial charge is 0.321 e. The summed E-state index contributed by atoms with van der Waals surface area (Å²) in [7, 11) is 1.46. The lowest BCUT2D eigenvalue weighted by molar-refractivity contribution is 0.0949. The van der Waals surface area contributed by atoms with Crippen LogP contribution in [0, 0.1) is 5.82 Å². The maximum absolute atomic E-state index is 13.1. The summed E-state index contributed by atoms with van der Waals surface area (Å²) in [6.45, 7) is 2.55. The molecule has 1 aliphatic rings. The number of rotatable bonds is 5. The van der Waals surface area contributed by atoms with Crippen LogP contribution in [0.25, 0.3) is 0 Å². The van der Waals surface area contributed by atoms with E-state index in [2.05, 4.69) is 25.3 Å². The number of methoxy groups -OCH3 is 1. The van der Waals surface area contributed by atoms with Crippen LogP contribution in [0.15, 0.2) is 18.5 Å². The summed E-state index contributed by atoms with van der Waals surface area (Å²) in [5.74, 6) is -0.249. The van der Waals surface area contributed by atoms with E-state index < -0.39 is 11.7 Å². The molecular weight excluding hydrogens is 331 g/mol. The number of amides is 1. The second-order valence-corrected chi connectivity index (χ2v) is 5.21. The number of carbonyl (C=O) groups excluding carboxylic acids is 1. The van der Waals surface area contributed by atoms with Gasteiger partial charge in [0.25, 0.3) is 5.91 Å². The maximum Gasteiger partial charge on any atom is 0.321 e. The lowest BCUT2D eigenvalue weighted by atomic mass is 10.2. The quantitative estimate of drug-likeness (QED) is 0.816. The average molecular weight is 348 g/mol. The molecule has 1 fully saturated rings. The molecule has 1 N–H and O–H groups in total. The van der Waals surface area contributed by atoms with Crippen molar-refractivity contribution in [2.24, 2.45) is 0 Å². The molecule has 132 valence electrons. The van der Waals surface area contributed by atoms with Crippen LogP contribution in [0.5, 0.6) is 6.01 Å². The van der Waals surface area contributed by atoms with Crippen LogP contribution in [-0.2, 0) is 11.3 Å². The average Bonchev–Trinajstić information content (AvgIpc) is 2.66. The minimum atomic E-state index is -0.580. The van der Waals surface area contributed by atoms with Gasteiger partial charge in [0.15, 0.2) is 5.82 Å². The van der Waals surface area contributed by atoms with E-state index in [1.54, 1.807) is 0 Å². The van der Waals surface area contributed by atoms with Crippen molar-refractivity contribution < 1.29 is 18.7 Å². The molecule has 2 aromatic heterocycles. The Bertz CT molecular complexity index is 754. The largest absolute Gasteiger partial charge is 0.467 e. The van der Waals surface area contributed by atoms with Crippen molar-refractivity contribution in [3.63, 3.8) is 0 Å². The fourth-order valence-electron chi connectivity index (χ4n) is 2.26. The zero-order valence-electron chi connectivity index (χ0n) is 13.6. The highest BCUT2D eigenvalue weighted by Gasteiger charge is 2.17. The van der Waals surface area contributed by atoms with Crippen molar-refractivity contribution in [3.8, 4) is 6.01 Å². The lowest BCUT2D eigenvalue weighted by Crippen LogP contribution is -2.37. The van der Waals surface area contributed by atoms with Gasteiger partial charge in [-0.05, 0) is 6.07 Å². The van der Waals surface area contributed by atoms with E-state index in [-0.39, 0.29) is 18.1 Å². The summed E-state index contributed by atoms with van der Waals surface area (Å²) in [6, 6.07) is 1.27. The van der Waals surface area contributed by atoms with Crippen LogP contribution < -0.4 is 15.0 Å². The summed E-state index contributed by atoms with van der Waals surface area (Å²) >= 11 is 0. The molecule has 0 spiro atoms. The first-order chi connectivity index (χ1) is 12.2. The number of hydrogen-bond acceptors (Lipinski definition) is 8. The van der Waals surface area contributed by atoms with Crippen molar-refractivity contribution in [1.82, 2.24) is 25.3 Å². The minimum Gasteiger partial charge on any atom is -0.467 e. The van der Waals surface area contributed by atoms with Gasteiger partial charge in [-0.3, -0.25) is 9.78 Å². The van der Waals surface area contributed by atoms with E-state index in [0.717, 1.165) is 12.3 Å². The van der Waals surface area contributed by atoms with Crippen LogP contribution in [0.2, 0.25) is 0 Å². The number of morpholine rings is 1. The molecule has 2 aromatic rings. The predicted octanol–water partition coefficient (Wildman–Crippen LogP) is 0.181. The molecule has 0 aromatic carbocycles. The molecule has 0 atom stereocenters. The molecule has 9 nitrogen and oxygen atoms in total. The molecule has 1 aliphatic heterocycles. The van der Waals surface area contributed by atoms with Crippen LogP contribution in [0.4, 0.5) is 10.3 Å². The zero-order chi connectivity index (χ0) is 17.6. The van der Waals surface area contributed by atoms with Crippen LogP contribution >= 0.6 is 0 Å². The van der Waals surface area contributed by atoms with Crippen molar-refractivity contribution in [2.75, 3.05) is 38.3 Å². The molecule has 10 heteroatoms. The summed E-state index contributed by atoms with van der Waals surface area (Å²) < 4.78 is 23.5. The highest BCUT2D eigenvalue weighted by atomic mass is 19.1. The molecule has 1 saturated heterocycles. The number of anilines is 1. The van der Waals surface area contributed by atoms with E-state index in [1.165, 1.54) is 13.3 Å². The van der Waals surface area contributed by atoms with E-state index in [1.807, 2.05) is 4.90 Å². The molecule has 3 heterocycles. The number of hydrogen-bond donors (Lipinski definition) is 1.